The molecule has 0 spiro atoms. The first kappa shape index (κ1) is 28.6. The number of amides is 2. The van der Waals surface area contributed by atoms with Crippen molar-refractivity contribution in [2.24, 2.45) is 0 Å². The van der Waals surface area contributed by atoms with Crippen molar-refractivity contribution < 1.29 is 19.1 Å². The Hall–Kier alpha value is -3.45. The van der Waals surface area contributed by atoms with Crippen LogP contribution in [-0.2, 0) is 17.9 Å². The number of rotatable bonds is 11. The fraction of sp³-hybridized carbons (Fsp3) is 0.419. The lowest BCUT2D eigenvalue weighted by Gasteiger charge is -2.36. The zero-order valence-electron chi connectivity index (χ0n) is 23.1. The van der Waals surface area contributed by atoms with Gasteiger partial charge in [-0.3, -0.25) is 9.59 Å². The normalized spacial score (nSPS) is 13.6. The molecule has 1 fully saturated rings. The van der Waals surface area contributed by atoms with Gasteiger partial charge in [0.25, 0.3) is 5.91 Å². The van der Waals surface area contributed by atoms with Gasteiger partial charge in [-0.1, -0.05) is 49.1 Å². The van der Waals surface area contributed by atoms with Gasteiger partial charge in [-0.2, -0.15) is 0 Å². The number of hydrogen-bond acceptors (Lipinski definition) is 4. The smallest absolute Gasteiger partial charge is 0.254 e. The number of aromatic nitrogens is 1. The molecule has 0 aliphatic heterocycles. The first-order valence-electron chi connectivity index (χ1n) is 13.6. The van der Waals surface area contributed by atoms with E-state index < -0.39 is 0 Å². The minimum atomic E-state index is -0.228. The van der Waals surface area contributed by atoms with E-state index in [0.29, 0.717) is 36.7 Å². The van der Waals surface area contributed by atoms with Crippen LogP contribution in [0.3, 0.4) is 0 Å². The van der Waals surface area contributed by atoms with Crippen molar-refractivity contribution in [3.8, 4) is 11.5 Å². The minimum absolute atomic E-state index is 0.0105. The molecule has 8 heteroatoms. The van der Waals surface area contributed by atoms with E-state index in [1.165, 1.54) is 6.42 Å². The maximum absolute atomic E-state index is 13.9. The van der Waals surface area contributed by atoms with E-state index in [2.05, 4.69) is 10.6 Å². The van der Waals surface area contributed by atoms with Gasteiger partial charge in [0, 0.05) is 47.7 Å². The second kappa shape index (κ2) is 13.6. The van der Waals surface area contributed by atoms with Crippen LogP contribution in [0.5, 0.6) is 11.5 Å². The highest BCUT2D eigenvalue weighted by Crippen LogP contribution is 2.27. The number of methoxy groups -OCH3 is 2. The first-order valence-corrected chi connectivity index (χ1v) is 14.0. The van der Waals surface area contributed by atoms with Crippen LogP contribution in [0.15, 0.2) is 60.8 Å². The Morgan fingerprint density at radius 2 is 1.67 bits per heavy atom. The highest BCUT2D eigenvalue weighted by molar-refractivity contribution is 6.31. The van der Waals surface area contributed by atoms with Crippen LogP contribution in [0, 0.1) is 0 Å². The number of carbonyl (C=O) groups excluding carboxylic acids is 2. The summed E-state index contributed by atoms with van der Waals surface area (Å²) in [5.41, 5.74) is 2.50. The third-order valence-electron chi connectivity index (χ3n) is 7.48. The Labute approximate surface area is 236 Å². The molecular weight excluding hydrogens is 514 g/mol. The summed E-state index contributed by atoms with van der Waals surface area (Å²) in [5, 5.41) is 0.726. The van der Waals surface area contributed by atoms with E-state index in [1.54, 1.807) is 37.3 Å². The Morgan fingerprint density at radius 1 is 0.974 bits per heavy atom. The van der Waals surface area contributed by atoms with E-state index in [0.717, 1.165) is 42.0 Å². The molecule has 0 unspecified atom stereocenters. The fourth-order valence-corrected chi connectivity index (χ4v) is 5.44. The van der Waals surface area contributed by atoms with Crippen molar-refractivity contribution in [3.63, 3.8) is 0 Å². The van der Waals surface area contributed by atoms with Crippen molar-refractivity contribution >= 4 is 23.4 Å². The summed E-state index contributed by atoms with van der Waals surface area (Å²) in [5.74, 6) is 0.789. The van der Waals surface area contributed by atoms with Gasteiger partial charge in [-0.05, 0) is 55.7 Å². The molecule has 0 saturated heterocycles. The Bertz CT molecular complexity index is 1250. The van der Waals surface area contributed by atoms with E-state index in [-0.39, 0.29) is 24.4 Å². The van der Waals surface area contributed by atoms with E-state index >= 15 is 0 Å². The molecule has 39 heavy (non-hydrogen) atoms. The molecule has 7 nitrogen and oxygen atoms in total. The zero-order valence-corrected chi connectivity index (χ0v) is 23.8. The summed E-state index contributed by atoms with van der Waals surface area (Å²) >= 11 is 6.43. The molecule has 1 aliphatic rings. The third-order valence-corrected chi connectivity index (χ3v) is 7.85. The number of halogens is 1. The lowest BCUT2D eigenvalue weighted by atomic mass is 9.94. The molecule has 2 aromatic carbocycles. The lowest BCUT2D eigenvalue weighted by Crippen LogP contribution is -2.47. The van der Waals surface area contributed by atoms with Gasteiger partial charge in [0.1, 0.15) is 18.0 Å². The van der Waals surface area contributed by atoms with Gasteiger partial charge < -0.3 is 23.8 Å². The Kier molecular flexibility index (Phi) is 9.93. The number of carbonyl (C=O) groups is 2. The fourth-order valence-electron chi connectivity index (χ4n) is 5.24. The molecule has 0 atom stereocenters. The maximum atomic E-state index is 13.9. The highest BCUT2D eigenvalue weighted by Gasteiger charge is 2.29. The maximum Gasteiger partial charge on any atom is 0.254 e. The minimum Gasteiger partial charge on any atom is -0.497 e. The molecule has 0 bridgehead atoms. The lowest BCUT2D eigenvalue weighted by molar-refractivity contribution is -0.135. The molecule has 1 aromatic heterocycles. The quantitative estimate of drug-likeness (QED) is 0.292. The van der Waals surface area contributed by atoms with E-state index in [1.807, 2.05) is 48.4 Å². The van der Waals surface area contributed by atoms with Crippen molar-refractivity contribution in [1.29, 1.82) is 0 Å². The predicted octanol–water partition coefficient (Wildman–Crippen LogP) is 6.03. The molecule has 4 rings (SSSR count). The summed E-state index contributed by atoms with van der Waals surface area (Å²) in [6.07, 6.45) is 7.39. The van der Waals surface area contributed by atoms with E-state index in [9.17, 15) is 9.59 Å². The molecule has 2 amide bonds. The number of nitrogens with zero attached hydrogens (tertiary/aromatic N) is 3. The van der Waals surface area contributed by atoms with Gasteiger partial charge >= 0.3 is 0 Å². The SMILES string of the molecule is CCN(CC(=O)N(Cc1cccn1Cc1ccccc1Cl)C1CCCCC1)C(=O)c1cc(OC)cc(OC)c1. The van der Waals surface area contributed by atoms with Crippen LogP contribution in [-0.4, -0.2) is 59.5 Å². The molecular formula is C31H38ClN3O4. The summed E-state index contributed by atoms with van der Waals surface area (Å²) in [4.78, 5) is 31.0. The van der Waals surface area contributed by atoms with Crippen LogP contribution in [0.4, 0.5) is 0 Å². The Balaban J connectivity index is 1.55. The Morgan fingerprint density at radius 3 is 2.31 bits per heavy atom. The first-order chi connectivity index (χ1) is 18.9. The second-order valence-electron chi connectivity index (χ2n) is 9.95. The standard InChI is InChI=1S/C31H38ClN3O4/c1-4-33(31(37)24-17-27(38-2)19-28(18-24)39-3)22-30(36)35(25-12-6-5-7-13-25)21-26-14-10-16-34(26)20-23-11-8-9-15-29(23)32/h8-11,14-19,25H,4-7,12-13,20-22H2,1-3H3. The number of ether oxygens (including phenoxy) is 2. The predicted molar refractivity (Wildman–Crippen MR) is 154 cm³/mol. The van der Waals surface area contributed by atoms with Crippen molar-refractivity contribution in [2.75, 3.05) is 27.3 Å². The van der Waals surface area contributed by atoms with Crippen LogP contribution < -0.4 is 9.47 Å². The number of hydrogen-bond donors (Lipinski definition) is 0. The van der Waals surface area contributed by atoms with Crippen LogP contribution in [0.2, 0.25) is 5.02 Å². The molecule has 1 heterocycles. The summed E-state index contributed by atoms with van der Waals surface area (Å²) in [7, 11) is 3.10. The summed E-state index contributed by atoms with van der Waals surface area (Å²) in [6.45, 7) is 3.43. The second-order valence-corrected chi connectivity index (χ2v) is 10.4. The summed E-state index contributed by atoms with van der Waals surface area (Å²) in [6, 6.07) is 17.1. The van der Waals surface area contributed by atoms with Crippen LogP contribution in [0.25, 0.3) is 0 Å². The van der Waals surface area contributed by atoms with Gasteiger partial charge in [0.15, 0.2) is 0 Å². The number of likely N-dealkylation sites (N-methyl/N-ethyl adjacent to an activating group) is 1. The van der Waals surface area contributed by atoms with Crippen molar-refractivity contribution in [1.82, 2.24) is 14.4 Å². The third kappa shape index (κ3) is 7.15. The average molecular weight is 552 g/mol. The molecule has 1 aliphatic carbocycles. The topological polar surface area (TPSA) is 64.0 Å². The van der Waals surface area contributed by atoms with Gasteiger partial charge in [0.05, 0.1) is 20.8 Å². The van der Waals surface area contributed by atoms with E-state index in [4.69, 9.17) is 21.1 Å². The molecule has 0 N–H and O–H groups in total. The zero-order chi connectivity index (χ0) is 27.8. The summed E-state index contributed by atoms with van der Waals surface area (Å²) < 4.78 is 12.8. The molecule has 1 saturated carbocycles. The van der Waals surface area contributed by atoms with Crippen LogP contribution in [0.1, 0.15) is 60.6 Å². The monoisotopic (exact) mass is 551 g/mol. The largest absolute Gasteiger partial charge is 0.497 e. The van der Waals surface area contributed by atoms with Gasteiger partial charge in [-0.15, -0.1) is 0 Å². The average Bonchev–Trinajstić information content (AvgIpc) is 3.41. The molecule has 3 aromatic rings. The van der Waals surface area contributed by atoms with Crippen molar-refractivity contribution in [2.45, 2.75) is 58.2 Å². The van der Waals surface area contributed by atoms with Crippen LogP contribution >= 0.6 is 11.6 Å². The molecule has 0 radical (unpaired) electrons. The highest BCUT2D eigenvalue weighted by atomic mass is 35.5. The van der Waals surface area contributed by atoms with Crippen molar-refractivity contribution in [3.05, 3.63) is 82.6 Å². The van der Waals surface area contributed by atoms with Gasteiger partial charge in [0.2, 0.25) is 5.91 Å². The van der Waals surface area contributed by atoms with Gasteiger partial charge in [-0.25, -0.2) is 0 Å². The number of benzene rings is 2. The molecule has 208 valence electrons.